The van der Waals surface area contributed by atoms with Crippen molar-refractivity contribution in [1.82, 2.24) is 0 Å². The van der Waals surface area contributed by atoms with Crippen LogP contribution in [0.5, 0.6) is 0 Å². The van der Waals surface area contributed by atoms with Gasteiger partial charge >= 0.3 is 0 Å². The lowest BCUT2D eigenvalue weighted by atomic mass is 10.0. The molecule has 0 amide bonds. The van der Waals surface area contributed by atoms with Gasteiger partial charge in [0, 0.05) is 0 Å². The smallest absolute Gasteiger partial charge is 0.0614 e. The average Bonchev–Trinajstić information content (AvgIpc) is 1.87. The van der Waals surface area contributed by atoms with Crippen molar-refractivity contribution in [2.45, 2.75) is 27.2 Å². The summed E-state index contributed by atoms with van der Waals surface area (Å²) in [6.45, 7) is 6.42. The Morgan fingerprint density at radius 3 is 2.64 bits per heavy atom. The first kappa shape index (κ1) is 10.4. The number of aliphatic hydroxyl groups is 1. The van der Waals surface area contributed by atoms with E-state index in [-0.39, 0.29) is 6.61 Å². The van der Waals surface area contributed by atoms with Crippen molar-refractivity contribution >= 4 is 0 Å². The molecule has 0 heterocycles. The zero-order chi connectivity index (χ0) is 8.69. The Labute approximate surface area is 69.4 Å². The molecule has 64 valence electrons. The molecular weight excluding hydrogens is 136 g/mol. The minimum Gasteiger partial charge on any atom is -0.392 e. The maximum Gasteiger partial charge on any atom is 0.0614 e. The second kappa shape index (κ2) is 6.17. The van der Waals surface area contributed by atoms with E-state index in [0.717, 1.165) is 6.42 Å². The summed E-state index contributed by atoms with van der Waals surface area (Å²) >= 11 is 0. The third-order valence-corrected chi connectivity index (χ3v) is 1.60. The summed E-state index contributed by atoms with van der Waals surface area (Å²) in [6.07, 6.45) is 7.15. The number of allylic oxidation sites excluding steroid dienone is 3. The fourth-order valence-electron chi connectivity index (χ4n) is 1.14. The van der Waals surface area contributed by atoms with E-state index in [9.17, 15) is 0 Å². The molecule has 0 fully saturated rings. The molecule has 1 N–H and O–H groups in total. The lowest BCUT2D eigenvalue weighted by molar-refractivity contribution is 0.341. The highest BCUT2D eigenvalue weighted by Gasteiger charge is 1.96. The summed E-state index contributed by atoms with van der Waals surface area (Å²) in [7, 11) is 0. The first-order valence-electron chi connectivity index (χ1n) is 4.10. The lowest BCUT2D eigenvalue weighted by Gasteiger charge is -2.05. The molecule has 1 unspecified atom stereocenters. The Morgan fingerprint density at radius 1 is 1.55 bits per heavy atom. The molecule has 0 aromatic rings. The largest absolute Gasteiger partial charge is 0.392 e. The van der Waals surface area contributed by atoms with Crippen LogP contribution in [0.15, 0.2) is 23.8 Å². The predicted octanol–water partition coefficient (Wildman–Crippen LogP) is 2.53. The predicted molar refractivity (Wildman–Crippen MR) is 49.4 cm³/mol. The number of rotatable bonds is 4. The molecule has 0 aliphatic heterocycles. The quantitative estimate of drug-likeness (QED) is 0.617. The molecular formula is C10H18O. The third-order valence-electron chi connectivity index (χ3n) is 1.60. The molecule has 0 aromatic heterocycles. The number of aliphatic hydroxyl groups excluding tert-OH is 1. The van der Waals surface area contributed by atoms with Crippen molar-refractivity contribution in [3.05, 3.63) is 23.8 Å². The number of hydrogen-bond donors (Lipinski definition) is 1. The summed E-state index contributed by atoms with van der Waals surface area (Å²) in [5, 5.41) is 8.59. The van der Waals surface area contributed by atoms with Crippen LogP contribution >= 0.6 is 0 Å². The molecule has 0 aromatic carbocycles. The molecule has 0 aliphatic rings. The van der Waals surface area contributed by atoms with Crippen molar-refractivity contribution in [3.63, 3.8) is 0 Å². The second-order valence-electron chi connectivity index (χ2n) is 2.94. The summed E-state index contributed by atoms with van der Waals surface area (Å²) in [6, 6.07) is 0. The molecule has 0 spiro atoms. The van der Waals surface area contributed by atoms with E-state index in [2.05, 4.69) is 26.0 Å². The third kappa shape index (κ3) is 5.86. The van der Waals surface area contributed by atoms with Crippen molar-refractivity contribution < 1.29 is 5.11 Å². The molecule has 1 nitrogen and oxygen atoms in total. The standard InChI is InChI=1S/C10H18O/c1-4-5-9(2)8-10(3)6-7-11/h4-6,9,11H,7-8H2,1-3H3. The van der Waals surface area contributed by atoms with Gasteiger partial charge in [-0.1, -0.05) is 30.7 Å². The molecule has 0 saturated heterocycles. The SMILES string of the molecule is CC=CC(C)CC(C)=CCO. The Hall–Kier alpha value is -0.560. The molecule has 0 radical (unpaired) electrons. The molecule has 1 heteroatoms. The first-order valence-corrected chi connectivity index (χ1v) is 4.10. The fourth-order valence-corrected chi connectivity index (χ4v) is 1.14. The van der Waals surface area contributed by atoms with Gasteiger partial charge in [-0.05, 0) is 26.2 Å². The van der Waals surface area contributed by atoms with Gasteiger partial charge < -0.3 is 5.11 Å². The van der Waals surface area contributed by atoms with E-state index < -0.39 is 0 Å². The monoisotopic (exact) mass is 154 g/mol. The van der Waals surface area contributed by atoms with Crippen molar-refractivity contribution in [3.8, 4) is 0 Å². The Bertz CT molecular complexity index is 145. The van der Waals surface area contributed by atoms with E-state index in [4.69, 9.17) is 5.11 Å². The summed E-state index contributed by atoms with van der Waals surface area (Å²) < 4.78 is 0. The highest BCUT2D eigenvalue weighted by molar-refractivity contribution is 5.01. The van der Waals surface area contributed by atoms with Crippen LogP contribution < -0.4 is 0 Å². The van der Waals surface area contributed by atoms with Crippen LogP contribution in [0.3, 0.4) is 0 Å². The molecule has 0 bridgehead atoms. The highest BCUT2D eigenvalue weighted by Crippen LogP contribution is 2.11. The van der Waals surface area contributed by atoms with E-state index >= 15 is 0 Å². The molecule has 11 heavy (non-hydrogen) atoms. The average molecular weight is 154 g/mol. The summed E-state index contributed by atoms with van der Waals surface area (Å²) in [4.78, 5) is 0. The fraction of sp³-hybridized carbons (Fsp3) is 0.600. The first-order chi connectivity index (χ1) is 5.20. The van der Waals surface area contributed by atoms with Crippen LogP contribution in [0.25, 0.3) is 0 Å². The van der Waals surface area contributed by atoms with Gasteiger partial charge in [0.25, 0.3) is 0 Å². The van der Waals surface area contributed by atoms with Crippen LogP contribution in [0, 0.1) is 5.92 Å². The van der Waals surface area contributed by atoms with Gasteiger partial charge in [-0.2, -0.15) is 0 Å². The van der Waals surface area contributed by atoms with Gasteiger partial charge in [-0.15, -0.1) is 0 Å². The molecule has 0 aliphatic carbocycles. The normalized spacial score (nSPS) is 15.8. The zero-order valence-corrected chi connectivity index (χ0v) is 7.67. The van der Waals surface area contributed by atoms with E-state index in [0.29, 0.717) is 5.92 Å². The van der Waals surface area contributed by atoms with Crippen molar-refractivity contribution in [1.29, 1.82) is 0 Å². The zero-order valence-electron chi connectivity index (χ0n) is 7.67. The topological polar surface area (TPSA) is 20.2 Å². The maximum absolute atomic E-state index is 8.59. The van der Waals surface area contributed by atoms with Gasteiger partial charge in [-0.3, -0.25) is 0 Å². The minimum atomic E-state index is 0.161. The van der Waals surface area contributed by atoms with Gasteiger partial charge in [-0.25, -0.2) is 0 Å². The highest BCUT2D eigenvalue weighted by atomic mass is 16.2. The Kier molecular flexibility index (Phi) is 5.86. The van der Waals surface area contributed by atoms with E-state index in [1.165, 1.54) is 5.57 Å². The second-order valence-corrected chi connectivity index (χ2v) is 2.94. The van der Waals surface area contributed by atoms with Gasteiger partial charge in [0.15, 0.2) is 0 Å². The van der Waals surface area contributed by atoms with Gasteiger partial charge in [0.2, 0.25) is 0 Å². The van der Waals surface area contributed by atoms with Crippen molar-refractivity contribution in [2.75, 3.05) is 6.61 Å². The lowest BCUT2D eigenvalue weighted by Crippen LogP contribution is -1.91. The molecule has 1 atom stereocenters. The maximum atomic E-state index is 8.59. The van der Waals surface area contributed by atoms with Crippen LogP contribution in [0.4, 0.5) is 0 Å². The number of hydrogen-bond acceptors (Lipinski definition) is 1. The minimum absolute atomic E-state index is 0.161. The van der Waals surface area contributed by atoms with Crippen LogP contribution in [-0.4, -0.2) is 11.7 Å². The summed E-state index contributed by atoms with van der Waals surface area (Å²) in [5.74, 6) is 0.586. The molecule has 0 saturated carbocycles. The van der Waals surface area contributed by atoms with Crippen LogP contribution in [0.2, 0.25) is 0 Å². The van der Waals surface area contributed by atoms with E-state index in [1.54, 1.807) is 0 Å². The van der Waals surface area contributed by atoms with Crippen LogP contribution in [0.1, 0.15) is 27.2 Å². The van der Waals surface area contributed by atoms with Crippen LogP contribution in [-0.2, 0) is 0 Å². The Balaban J connectivity index is 3.74. The van der Waals surface area contributed by atoms with E-state index in [1.807, 2.05) is 13.0 Å². The molecule has 0 rings (SSSR count). The van der Waals surface area contributed by atoms with Gasteiger partial charge in [0.1, 0.15) is 0 Å². The summed E-state index contributed by atoms with van der Waals surface area (Å²) in [5.41, 5.74) is 1.26. The van der Waals surface area contributed by atoms with Gasteiger partial charge in [0.05, 0.1) is 6.61 Å². The van der Waals surface area contributed by atoms with Crippen molar-refractivity contribution in [2.24, 2.45) is 5.92 Å². The Morgan fingerprint density at radius 2 is 2.18 bits per heavy atom.